The molecule has 0 aliphatic carbocycles. The first-order valence-corrected chi connectivity index (χ1v) is 7.63. The molecule has 2 heterocycles. The lowest BCUT2D eigenvalue weighted by Crippen LogP contribution is -2.05. The number of fused-ring (bicyclic) bond motifs is 5. The Morgan fingerprint density at radius 1 is 1.18 bits per heavy atom. The zero-order chi connectivity index (χ0) is 15.1. The SMILES string of the molecule is COC(=O)c1ccc2c(c1)-c1ccc3cccnc3c1NS2. The van der Waals surface area contributed by atoms with Gasteiger partial charge in [0, 0.05) is 27.6 Å². The lowest BCUT2D eigenvalue weighted by Gasteiger charge is -2.22. The van der Waals surface area contributed by atoms with Gasteiger partial charge in [-0.3, -0.25) is 4.98 Å². The minimum atomic E-state index is -0.327. The van der Waals surface area contributed by atoms with Gasteiger partial charge in [0.2, 0.25) is 0 Å². The molecule has 0 amide bonds. The number of benzene rings is 2. The molecule has 0 bridgehead atoms. The molecule has 1 aliphatic heterocycles. The highest BCUT2D eigenvalue weighted by molar-refractivity contribution is 8.00. The van der Waals surface area contributed by atoms with Gasteiger partial charge >= 0.3 is 5.97 Å². The van der Waals surface area contributed by atoms with E-state index in [1.165, 1.54) is 19.1 Å². The molecule has 0 radical (unpaired) electrons. The Labute approximate surface area is 131 Å². The number of hydrogen-bond donors (Lipinski definition) is 1. The molecule has 0 saturated heterocycles. The molecule has 0 atom stereocenters. The van der Waals surface area contributed by atoms with E-state index in [1.807, 2.05) is 30.3 Å². The van der Waals surface area contributed by atoms with Crippen molar-refractivity contribution in [2.24, 2.45) is 0 Å². The van der Waals surface area contributed by atoms with Gasteiger partial charge in [0.25, 0.3) is 0 Å². The zero-order valence-electron chi connectivity index (χ0n) is 11.8. The van der Waals surface area contributed by atoms with Gasteiger partial charge in [0.05, 0.1) is 23.9 Å². The summed E-state index contributed by atoms with van der Waals surface area (Å²) >= 11 is 1.53. The molecular formula is C17H12N2O2S. The fourth-order valence-corrected chi connectivity index (χ4v) is 3.49. The second-order valence-corrected chi connectivity index (χ2v) is 5.82. The maximum Gasteiger partial charge on any atom is 0.337 e. The summed E-state index contributed by atoms with van der Waals surface area (Å²) in [5.41, 5.74) is 4.54. The minimum Gasteiger partial charge on any atom is -0.465 e. The number of nitrogens with one attached hydrogen (secondary N) is 1. The number of hydrogen-bond acceptors (Lipinski definition) is 5. The van der Waals surface area contributed by atoms with Crippen LogP contribution in [0.2, 0.25) is 0 Å². The molecular weight excluding hydrogens is 296 g/mol. The van der Waals surface area contributed by atoms with E-state index in [1.54, 1.807) is 12.3 Å². The van der Waals surface area contributed by atoms with E-state index in [9.17, 15) is 4.79 Å². The zero-order valence-corrected chi connectivity index (χ0v) is 12.6. The van der Waals surface area contributed by atoms with E-state index >= 15 is 0 Å². The van der Waals surface area contributed by atoms with E-state index in [-0.39, 0.29) is 5.97 Å². The monoisotopic (exact) mass is 308 g/mol. The Morgan fingerprint density at radius 2 is 2.09 bits per heavy atom. The Bertz CT molecular complexity index is 908. The molecule has 0 unspecified atom stereocenters. The molecule has 1 aromatic heterocycles. The number of ether oxygens (including phenoxy) is 1. The van der Waals surface area contributed by atoms with Crippen molar-refractivity contribution in [3.8, 4) is 11.1 Å². The maximum absolute atomic E-state index is 11.8. The van der Waals surface area contributed by atoms with Crippen LogP contribution in [-0.4, -0.2) is 18.1 Å². The Morgan fingerprint density at radius 3 is 2.95 bits per heavy atom. The Kier molecular flexibility index (Phi) is 3.01. The van der Waals surface area contributed by atoms with Gasteiger partial charge in [-0.05, 0) is 36.2 Å². The van der Waals surface area contributed by atoms with Crippen LogP contribution in [-0.2, 0) is 4.74 Å². The van der Waals surface area contributed by atoms with Gasteiger partial charge in [-0.1, -0.05) is 18.2 Å². The van der Waals surface area contributed by atoms with Crippen molar-refractivity contribution in [1.29, 1.82) is 0 Å². The number of anilines is 1. The van der Waals surface area contributed by atoms with Crippen molar-refractivity contribution in [3.63, 3.8) is 0 Å². The minimum absolute atomic E-state index is 0.327. The molecule has 4 rings (SSSR count). The smallest absolute Gasteiger partial charge is 0.337 e. The average Bonchev–Trinajstić information content (AvgIpc) is 2.60. The lowest BCUT2D eigenvalue weighted by molar-refractivity contribution is 0.0600. The highest BCUT2D eigenvalue weighted by atomic mass is 32.2. The summed E-state index contributed by atoms with van der Waals surface area (Å²) in [4.78, 5) is 17.3. The van der Waals surface area contributed by atoms with Crippen molar-refractivity contribution in [1.82, 2.24) is 4.98 Å². The fraction of sp³-hybridized carbons (Fsp3) is 0.0588. The van der Waals surface area contributed by atoms with Gasteiger partial charge in [-0.2, -0.15) is 0 Å². The number of methoxy groups -OCH3 is 1. The fourth-order valence-electron chi connectivity index (χ4n) is 2.65. The van der Waals surface area contributed by atoms with Gasteiger partial charge in [0.1, 0.15) is 0 Å². The third-order valence-electron chi connectivity index (χ3n) is 3.73. The molecule has 0 fully saturated rings. The summed E-state index contributed by atoms with van der Waals surface area (Å²) in [6, 6.07) is 13.7. The van der Waals surface area contributed by atoms with E-state index < -0.39 is 0 Å². The summed E-state index contributed by atoms with van der Waals surface area (Å²) < 4.78 is 8.17. The van der Waals surface area contributed by atoms with Crippen LogP contribution >= 0.6 is 11.9 Å². The predicted molar refractivity (Wildman–Crippen MR) is 88.0 cm³/mol. The third-order valence-corrected chi connectivity index (χ3v) is 4.61. The number of carbonyl (C=O) groups excluding carboxylic acids is 1. The summed E-state index contributed by atoms with van der Waals surface area (Å²) in [5.74, 6) is -0.327. The van der Waals surface area contributed by atoms with Crippen molar-refractivity contribution < 1.29 is 9.53 Å². The number of aromatic nitrogens is 1. The van der Waals surface area contributed by atoms with Crippen molar-refractivity contribution in [3.05, 3.63) is 54.2 Å². The molecule has 5 heteroatoms. The third kappa shape index (κ3) is 1.94. The van der Waals surface area contributed by atoms with Crippen LogP contribution in [0.3, 0.4) is 0 Å². The summed E-state index contributed by atoms with van der Waals surface area (Å²) in [5, 5.41) is 1.09. The van der Waals surface area contributed by atoms with Gasteiger partial charge < -0.3 is 9.46 Å². The topological polar surface area (TPSA) is 51.2 Å². The molecule has 1 N–H and O–H groups in total. The van der Waals surface area contributed by atoms with Gasteiger partial charge in [-0.15, -0.1) is 0 Å². The highest BCUT2D eigenvalue weighted by Crippen LogP contribution is 2.45. The summed E-state index contributed by atoms with van der Waals surface area (Å²) in [7, 11) is 1.39. The second-order valence-electron chi connectivity index (χ2n) is 4.97. The lowest BCUT2D eigenvalue weighted by atomic mass is 9.99. The summed E-state index contributed by atoms with van der Waals surface area (Å²) in [6.07, 6.45) is 1.79. The van der Waals surface area contributed by atoms with E-state index in [2.05, 4.69) is 15.8 Å². The second kappa shape index (κ2) is 5.03. The maximum atomic E-state index is 11.8. The molecule has 3 aromatic rings. The standard InChI is InChI=1S/C17H12N2O2S/c1-21-17(20)11-5-7-14-13(9-11)12-6-4-10-3-2-8-18-15(10)16(12)19-22-14/h2-9,19H,1H3. The Hall–Kier alpha value is -2.53. The van der Waals surface area contributed by atoms with Crippen LogP contribution in [0.4, 0.5) is 5.69 Å². The normalized spacial score (nSPS) is 12.2. The number of nitrogens with zero attached hydrogens (tertiary/aromatic N) is 1. The largest absolute Gasteiger partial charge is 0.465 e. The van der Waals surface area contributed by atoms with Crippen molar-refractivity contribution in [2.75, 3.05) is 11.8 Å². The molecule has 22 heavy (non-hydrogen) atoms. The van der Waals surface area contributed by atoms with E-state index in [0.717, 1.165) is 32.6 Å². The van der Waals surface area contributed by atoms with Crippen LogP contribution in [0.15, 0.2) is 53.6 Å². The van der Waals surface area contributed by atoms with E-state index in [4.69, 9.17) is 4.74 Å². The number of rotatable bonds is 1. The van der Waals surface area contributed by atoms with Gasteiger partial charge in [-0.25, -0.2) is 4.79 Å². The average molecular weight is 308 g/mol. The number of esters is 1. The first-order chi connectivity index (χ1) is 10.8. The molecule has 4 nitrogen and oxygen atoms in total. The highest BCUT2D eigenvalue weighted by Gasteiger charge is 2.20. The first-order valence-electron chi connectivity index (χ1n) is 6.81. The van der Waals surface area contributed by atoms with Crippen LogP contribution in [0.25, 0.3) is 22.0 Å². The molecule has 2 aromatic carbocycles. The summed E-state index contributed by atoms with van der Waals surface area (Å²) in [6.45, 7) is 0. The predicted octanol–water partition coefficient (Wildman–Crippen LogP) is 4.12. The molecule has 0 spiro atoms. The first kappa shape index (κ1) is 13.2. The molecule has 0 saturated carbocycles. The van der Waals surface area contributed by atoms with Gasteiger partial charge in [0.15, 0.2) is 0 Å². The van der Waals surface area contributed by atoms with Crippen molar-refractivity contribution >= 4 is 34.5 Å². The Balaban J connectivity index is 1.96. The van der Waals surface area contributed by atoms with Crippen LogP contribution < -0.4 is 4.72 Å². The van der Waals surface area contributed by atoms with Crippen LogP contribution in [0.1, 0.15) is 10.4 Å². The molecule has 1 aliphatic rings. The van der Waals surface area contributed by atoms with Crippen molar-refractivity contribution in [2.45, 2.75) is 4.90 Å². The van der Waals surface area contributed by atoms with E-state index in [0.29, 0.717) is 5.56 Å². The molecule has 108 valence electrons. The number of pyridine rings is 1. The van der Waals surface area contributed by atoms with Crippen LogP contribution in [0, 0.1) is 0 Å². The number of carbonyl (C=O) groups is 1. The van der Waals surface area contributed by atoms with Crippen LogP contribution in [0.5, 0.6) is 0 Å². The quantitative estimate of drug-likeness (QED) is 0.541.